The Hall–Kier alpha value is -1.55. The number of hydrogen-bond acceptors (Lipinski definition) is 4. The SMILES string of the molecule is Cc1cc(N(C)C)ccc1NC(C)c1scnc1C. The van der Waals surface area contributed by atoms with Crippen LogP contribution in [-0.2, 0) is 0 Å². The number of aromatic nitrogens is 1. The molecule has 0 bridgehead atoms. The van der Waals surface area contributed by atoms with E-state index in [1.54, 1.807) is 11.3 Å². The lowest BCUT2D eigenvalue weighted by Crippen LogP contribution is -2.10. The first kappa shape index (κ1) is 13.9. The second-order valence-corrected chi connectivity index (χ2v) is 5.95. The Morgan fingerprint density at radius 2 is 2.00 bits per heavy atom. The molecule has 1 atom stereocenters. The lowest BCUT2D eigenvalue weighted by Gasteiger charge is -2.19. The van der Waals surface area contributed by atoms with Crippen molar-refractivity contribution >= 4 is 22.7 Å². The molecule has 2 aromatic rings. The molecule has 3 nitrogen and oxygen atoms in total. The van der Waals surface area contributed by atoms with E-state index in [9.17, 15) is 0 Å². The molecule has 0 amide bonds. The monoisotopic (exact) mass is 275 g/mol. The van der Waals surface area contributed by atoms with Crippen LogP contribution in [0.1, 0.15) is 29.1 Å². The van der Waals surface area contributed by atoms with Crippen molar-refractivity contribution < 1.29 is 0 Å². The molecule has 2 rings (SSSR count). The van der Waals surface area contributed by atoms with Gasteiger partial charge in [-0.15, -0.1) is 11.3 Å². The maximum atomic E-state index is 4.31. The molecular formula is C15H21N3S. The van der Waals surface area contributed by atoms with E-state index in [1.807, 2.05) is 5.51 Å². The van der Waals surface area contributed by atoms with Crippen LogP contribution in [0.25, 0.3) is 0 Å². The number of anilines is 2. The van der Waals surface area contributed by atoms with E-state index in [2.05, 4.69) is 68.3 Å². The summed E-state index contributed by atoms with van der Waals surface area (Å²) in [4.78, 5) is 7.73. The van der Waals surface area contributed by atoms with Crippen molar-refractivity contribution in [1.82, 2.24) is 4.98 Å². The van der Waals surface area contributed by atoms with Crippen LogP contribution in [0.4, 0.5) is 11.4 Å². The van der Waals surface area contributed by atoms with Gasteiger partial charge < -0.3 is 10.2 Å². The van der Waals surface area contributed by atoms with Crippen LogP contribution >= 0.6 is 11.3 Å². The molecule has 1 aromatic carbocycles. The minimum atomic E-state index is 0.288. The van der Waals surface area contributed by atoms with Crippen LogP contribution in [0, 0.1) is 13.8 Å². The summed E-state index contributed by atoms with van der Waals surface area (Å²) < 4.78 is 0. The van der Waals surface area contributed by atoms with Crippen LogP contribution in [0.15, 0.2) is 23.7 Å². The van der Waals surface area contributed by atoms with Crippen LogP contribution in [-0.4, -0.2) is 19.1 Å². The summed E-state index contributed by atoms with van der Waals surface area (Å²) in [6.07, 6.45) is 0. The summed E-state index contributed by atoms with van der Waals surface area (Å²) in [7, 11) is 4.12. The van der Waals surface area contributed by atoms with Gasteiger partial charge >= 0.3 is 0 Å². The van der Waals surface area contributed by atoms with Gasteiger partial charge in [0.1, 0.15) is 0 Å². The minimum Gasteiger partial charge on any atom is -0.378 e. The van der Waals surface area contributed by atoms with E-state index in [0.29, 0.717) is 0 Å². The zero-order chi connectivity index (χ0) is 14.0. The second-order valence-electron chi connectivity index (χ2n) is 5.06. The van der Waals surface area contributed by atoms with E-state index in [0.717, 1.165) is 5.69 Å². The molecule has 0 aliphatic carbocycles. The highest BCUT2D eigenvalue weighted by molar-refractivity contribution is 7.09. The first-order chi connectivity index (χ1) is 8.99. The zero-order valence-electron chi connectivity index (χ0n) is 12.2. The number of rotatable bonds is 4. The maximum Gasteiger partial charge on any atom is 0.0798 e. The van der Waals surface area contributed by atoms with Crippen LogP contribution in [0.2, 0.25) is 0 Å². The Labute approximate surface area is 119 Å². The van der Waals surface area contributed by atoms with Gasteiger partial charge in [0, 0.05) is 30.3 Å². The van der Waals surface area contributed by atoms with E-state index < -0.39 is 0 Å². The largest absolute Gasteiger partial charge is 0.378 e. The number of aryl methyl sites for hydroxylation is 2. The first-order valence-electron chi connectivity index (χ1n) is 6.43. The van der Waals surface area contributed by atoms with Gasteiger partial charge in [-0.05, 0) is 44.5 Å². The van der Waals surface area contributed by atoms with Gasteiger partial charge in [-0.3, -0.25) is 0 Å². The van der Waals surface area contributed by atoms with E-state index >= 15 is 0 Å². The predicted octanol–water partition coefficient (Wildman–Crippen LogP) is 4.00. The molecule has 1 heterocycles. The number of nitrogens with zero attached hydrogens (tertiary/aromatic N) is 2. The Kier molecular flexibility index (Phi) is 4.10. The number of thiazole rings is 1. The molecule has 1 aromatic heterocycles. The molecule has 1 N–H and O–H groups in total. The molecule has 0 saturated carbocycles. The standard InChI is InChI=1S/C15H21N3S/c1-10-8-13(18(4)5)6-7-14(10)17-12(3)15-11(2)16-9-19-15/h6-9,12,17H,1-5H3. The van der Waals surface area contributed by atoms with Crippen molar-refractivity contribution in [3.63, 3.8) is 0 Å². The lowest BCUT2D eigenvalue weighted by atomic mass is 10.1. The fourth-order valence-electron chi connectivity index (χ4n) is 2.11. The first-order valence-corrected chi connectivity index (χ1v) is 7.31. The highest BCUT2D eigenvalue weighted by Gasteiger charge is 2.12. The van der Waals surface area contributed by atoms with Crippen molar-refractivity contribution in [2.24, 2.45) is 0 Å². The highest BCUT2D eigenvalue weighted by atomic mass is 32.1. The van der Waals surface area contributed by atoms with Gasteiger partial charge in [0.2, 0.25) is 0 Å². The Morgan fingerprint density at radius 3 is 2.53 bits per heavy atom. The lowest BCUT2D eigenvalue weighted by molar-refractivity contribution is 0.888. The van der Waals surface area contributed by atoms with Gasteiger partial charge in [0.15, 0.2) is 0 Å². The van der Waals surface area contributed by atoms with Crippen molar-refractivity contribution in [1.29, 1.82) is 0 Å². The molecule has 19 heavy (non-hydrogen) atoms. The van der Waals surface area contributed by atoms with E-state index in [4.69, 9.17) is 0 Å². The normalized spacial score (nSPS) is 12.3. The van der Waals surface area contributed by atoms with Crippen molar-refractivity contribution in [2.45, 2.75) is 26.8 Å². The summed E-state index contributed by atoms with van der Waals surface area (Å²) in [6, 6.07) is 6.78. The van der Waals surface area contributed by atoms with Crippen molar-refractivity contribution in [3.8, 4) is 0 Å². The average Bonchev–Trinajstić information content (AvgIpc) is 2.77. The number of nitrogens with one attached hydrogen (secondary N) is 1. The molecule has 4 heteroatoms. The molecule has 1 unspecified atom stereocenters. The van der Waals surface area contributed by atoms with Crippen molar-refractivity contribution in [3.05, 3.63) is 39.8 Å². The van der Waals surface area contributed by atoms with Gasteiger partial charge in [0.25, 0.3) is 0 Å². The summed E-state index contributed by atoms with van der Waals surface area (Å²) in [5.41, 5.74) is 6.70. The van der Waals surface area contributed by atoms with Crippen molar-refractivity contribution in [2.75, 3.05) is 24.3 Å². The van der Waals surface area contributed by atoms with E-state index in [-0.39, 0.29) is 6.04 Å². The molecule has 0 aliphatic rings. The summed E-state index contributed by atoms with van der Waals surface area (Å²) in [6.45, 7) is 6.38. The fraction of sp³-hybridized carbons (Fsp3) is 0.400. The van der Waals surface area contributed by atoms with Gasteiger partial charge in [-0.1, -0.05) is 0 Å². The van der Waals surface area contributed by atoms with Crippen LogP contribution in [0.5, 0.6) is 0 Å². The third-order valence-corrected chi connectivity index (χ3v) is 4.39. The third-order valence-electron chi connectivity index (χ3n) is 3.27. The molecule has 0 aliphatic heterocycles. The smallest absolute Gasteiger partial charge is 0.0798 e. The van der Waals surface area contributed by atoms with Crippen LogP contribution in [0.3, 0.4) is 0 Å². The maximum absolute atomic E-state index is 4.31. The number of benzene rings is 1. The third kappa shape index (κ3) is 3.07. The Morgan fingerprint density at radius 1 is 1.26 bits per heavy atom. The average molecular weight is 275 g/mol. The molecule has 102 valence electrons. The van der Waals surface area contributed by atoms with Gasteiger partial charge in [0.05, 0.1) is 17.2 Å². The fourth-order valence-corrected chi connectivity index (χ4v) is 2.92. The van der Waals surface area contributed by atoms with Crippen LogP contribution < -0.4 is 10.2 Å². The highest BCUT2D eigenvalue weighted by Crippen LogP contribution is 2.28. The van der Waals surface area contributed by atoms with E-state index in [1.165, 1.54) is 21.8 Å². The predicted molar refractivity (Wildman–Crippen MR) is 84.4 cm³/mol. The Balaban J connectivity index is 2.18. The summed E-state index contributed by atoms with van der Waals surface area (Å²) >= 11 is 1.71. The molecular weight excluding hydrogens is 254 g/mol. The summed E-state index contributed by atoms with van der Waals surface area (Å²) in [5, 5.41) is 3.57. The zero-order valence-corrected chi connectivity index (χ0v) is 13.0. The quantitative estimate of drug-likeness (QED) is 0.914. The second kappa shape index (κ2) is 5.61. The summed E-state index contributed by atoms with van der Waals surface area (Å²) in [5.74, 6) is 0. The molecule has 0 spiro atoms. The van der Waals surface area contributed by atoms with Gasteiger partial charge in [-0.25, -0.2) is 4.98 Å². The Bertz CT molecular complexity index is 560. The molecule has 0 saturated heterocycles. The number of hydrogen-bond donors (Lipinski definition) is 1. The minimum absolute atomic E-state index is 0.288. The molecule has 0 fully saturated rings. The van der Waals surface area contributed by atoms with Gasteiger partial charge in [-0.2, -0.15) is 0 Å². The molecule has 0 radical (unpaired) electrons. The topological polar surface area (TPSA) is 28.2 Å².